The van der Waals surface area contributed by atoms with Crippen LogP contribution in [0, 0.1) is 0 Å². The molecule has 5 heteroatoms. The molecule has 1 rings (SSSR count). The Balaban J connectivity index is 2.35. The maximum Gasteiger partial charge on any atom is 0.407 e. The van der Waals surface area contributed by atoms with Gasteiger partial charge in [0.05, 0.1) is 12.7 Å². The quantitative estimate of drug-likeness (QED) is 0.782. The van der Waals surface area contributed by atoms with E-state index in [-0.39, 0.29) is 24.3 Å². The van der Waals surface area contributed by atoms with Gasteiger partial charge in [-0.15, -0.1) is 0 Å². The van der Waals surface area contributed by atoms with Crippen molar-refractivity contribution in [1.29, 1.82) is 0 Å². The van der Waals surface area contributed by atoms with Crippen molar-refractivity contribution in [1.82, 2.24) is 5.32 Å². The molecule has 5 nitrogen and oxygen atoms in total. The molecule has 0 saturated carbocycles. The Morgan fingerprint density at radius 3 is 2.68 bits per heavy atom. The molecule has 0 radical (unpaired) electrons. The summed E-state index contributed by atoms with van der Waals surface area (Å²) in [7, 11) is 0. The van der Waals surface area contributed by atoms with Gasteiger partial charge in [-0.3, -0.25) is 0 Å². The molecule has 0 saturated heterocycles. The number of amides is 1. The fourth-order valence-corrected chi connectivity index (χ4v) is 1.50. The van der Waals surface area contributed by atoms with E-state index in [1.165, 1.54) is 12.1 Å². The number of carbonyl (C=O) groups is 1. The lowest BCUT2D eigenvalue weighted by Crippen LogP contribution is -2.41. The molecule has 1 atom stereocenters. The highest BCUT2D eigenvalue weighted by molar-refractivity contribution is 5.68. The highest BCUT2D eigenvalue weighted by Crippen LogP contribution is 2.20. The van der Waals surface area contributed by atoms with Crippen LogP contribution in [0.2, 0.25) is 0 Å². The van der Waals surface area contributed by atoms with Gasteiger partial charge in [0.15, 0.2) is 0 Å². The van der Waals surface area contributed by atoms with E-state index in [4.69, 9.17) is 4.74 Å². The summed E-state index contributed by atoms with van der Waals surface area (Å²) >= 11 is 0. The zero-order valence-corrected chi connectivity index (χ0v) is 11.5. The summed E-state index contributed by atoms with van der Waals surface area (Å²) in [5.74, 6) is 0.0999. The van der Waals surface area contributed by atoms with E-state index < -0.39 is 12.2 Å². The van der Waals surface area contributed by atoms with Gasteiger partial charge in [0.25, 0.3) is 0 Å². The average molecular weight is 267 g/mol. The van der Waals surface area contributed by atoms with Gasteiger partial charge in [0, 0.05) is 12.0 Å². The van der Waals surface area contributed by atoms with Crippen LogP contribution in [-0.4, -0.2) is 28.5 Å². The van der Waals surface area contributed by atoms with E-state index in [1.807, 2.05) is 20.8 Å². The maximum absolute atomic E-state index is 11.4. The largest absolute Gasteiger partial charge is 0.508 e. The van der Waals surface area contributed by atoms with Gasteiger partial charge in [-0.1, -0.05) is 12.1 Å². The molecule has 1 aromatic carbocycles. The second kappa shape index (κ2) is 6.43. The van der Waals surface area contributed by atoms with Gasteiger partial charge < -0.3 is 20.3 Å². The Labute approximate surface area is 113 Å². The van der Waals surface area contributed by atoms with Crippen LogP contribution in [-0.2, 0) is 4.74 Å². The van der Waals surface area contributed by atoms with Crippen LogP contribution in [0.1, 0.15) is 38.9 Å². The van der Waals surface area contributed by atoms with Gasteiger partial charge in [-0.05, 0) is 38.5 Å². The summed E-state index contributed by atoms with van der Waals surface area (Å²) in [6.45, 7) is 5.68. The van der Waals surface area contributed by atoms with Crippen LogP contribution in [0.5, 0.6) is 5.75 Å². The van der Waals surface area contributed by atoms with Crippen LogP contribution < -0.4 is 5.32 Å². The van der Waals surface area contributed by atoms with Crippen LogP contribution >= 0.6 is 0 Å². The maximum atomic E-state index is 11.4. The normalized spacial score (nSPS) is 12.8. The number of aliphatic hydroxyl groups excluding tert-OH is 1. The first-order valence-corrected chi connectivity index (χ1v) is 6.20. The number of benzene rings is 1. The first-order valence-electron chi connectivity index (χ1n) is 6.20. The summed E-state index contributed by atoms with van der Waals surface area (Å²) in [6.07, 6.45) is -0.994. The molecule has 0 fully saturated rings. The SMILES string of the molecule is CC(C)(C)NC(=O)OCCC(O)c1cccc(O)c1. The van der Waals surface area contributed by atoms with Gasteiger partial charge in [0.1, 0.15) is 5.75 Å². The third-order valence-electron chi connectivity index (χ3n) is 2.36. The van der Waals surface area contributed by atoms with Gasteiger partial charge in [0.2, 0.25) is 0 Å². The van der Waals surface area contributed by atoms with Crippen molar-refractivity contribution in [2.75, 3.05) is 6.61 Å². The number of rotatable bonds is 4. The number of carbonyl (C=O) groups excluding carboxylic acids is 1. The minimum atomic E-state index is -0.769. The minimum Gasteiger partial charge on any atom is -0.508 e. The lowest BCUT2D eigenvalue weighted by Gasteiger charge is -2.20. The van der Waals surface area contributed by atoms with E-state index in [0.717, 1.165) is 0 Å². The molecule has 0 aliphatic heterocycles. The van der Waals surface area contributed by atoms with Crippen molar-refractivity contribution >= 4 is 6.09 Å². The van der Waals surface area contributed by atoms with Crippen LogP contribution in [0.4, 0.5) is 4.79 Å². The number of phenolic OH excluding ortho intramolecular Hbond substituents is 1. The Hall–Kier alpha value is -1.75. The van der Waals surface area contributed by atoms with Crippen molar-refractivity contribution in [2.45, 2.75) is 38.8 Å². The predicted octanol–water partition coefficient (Wildman–Crippen LogP) is 2.34. The third kappa shape index (κ3) is 6.10. The molecule has 0 aromatic heterocycles. The predicted molar refractivity (Wildman–Crippen MR) is 71.9 cm³/mol. The molecule has 0 spiro atoms. The van der Waals surface area contributed by atoms with Crippen molar-refractivity contribution < 1.29 is 19.7 Å². The number of hydrogen-bond donors (Lipinski definition) is 3. The number of phenols is 1. The van der Waals surface area contributed by atoms with E-state index >= 15 is 0 Å². The Kier molecular flexibility index (Phi) is 5.18. The standard InChI is InChI=1S/C14H21NO4/c1-14(2,3)15-13(18)19-8-7-12(17)10-5-4-6-11(16)9-10/h4-6,9,12,16-17H,7-8H2,1-3H3,(H,15,18). The Bertz CT molecular complexity index is 426. The number of alkyl carbamates (subject to hydrolysis) is 1. The Morgan fingerprint density at radius 2 is 2.11 bits per heavy atom. The zero-order chi connectivity index (χ0) is 14.5. The number of aromatic hydroxyl groups is 1. The van der Waals surface area contributed by atoms with E-state index in [1.54, 1.807) is 12.1 Å². The molecule has 3 N–H and O–H groups in total. The van der Waals surface area contributed by atoms with Crippen molar-refractivity contribution in [2.24, 2.45) is 0 Å². The topological polar surface area (TPSA) is 78.8 Å². The fourth-order valence-electron chi connectivity index (χ4n) is 1.50. The van der Waals surface area contributed by atoms with Gasteiger partial charge in [-0.2, -0.15) is 0 Å². The lowest BCUT2D eigenvalue weighted by atomic mass is 10.1. The molecule has 1 aromatic rings. The van der Waals surface area contributed by atoms with Crippen molar-refractivity contribution in [3.8, 4) is 5.75 Å². The van der Waals surface area contributed by atoms with Crippen LogP contribution in [0.3, 0.4) is 0 Å². The molecule has 0 heterocycles. The molecular formula is C14H21NO4. The smallest absolute Gasteiger partial charge is 0.407 e. The van der Waals surface area contributed by atoms with Crippen molar-refractivity contribution in [3.05, 3.63) is 29.8 Å². The minimum absolute atomic E-state index is 0.0999. The van der Waals surface area contributed by atoms with E-state index in [9.17, 15) is 15.0 Å². The number of hydrogen-bond acceptors (Lipinski definition) is 4. The summed E-state index contributed by atoms with van der Waals surface area (Å²) in [5, 5.41) is 21.8. The summed E-state index contributed by atoms with van der Waals surface area (Å²) in [5.41, 5.74) is 0.251. The second-order valence-corrected chi connectivity index (χ2v) is 5.41. The third-order valence-corrected chi connectivity index (χ3v) is 2.36. The molecule has 1 amide bonds. The van der Waals surface area contributed by atoms with E-state index in [0.29, 0.717) is 5.56 Å². The molecule has 19 heavy (non-hydrogen) atoms. The first kappa shape index (κ1) is 15.3. The summed E-state index contributed by atoms with van der Waals surface area (Å²) in [4.78, 5) is 11.4. The van der Waals surface area contributed by atoms with E-state index in [2.05, 4.69) is 5.32 Å². The number of ether oxygens (including phenoxy) is 1. The first-order chi connectivity index (χ1) is 8.78. The average Bonchev–Trinajstić information content (AvgIpc) is 2.26. The molecule has 106 valence electrons. The fraction of sp³-hybridized carbons (Fsp3) is 0.500. The zero-order valence-electron chi connectivity index (χ0n) is 11.5. The van der Waals surface area contributed by atoms with Gasteiger partial charge in [-0.25, -0.2) is 4.79 Å². The van der Waals surface area contributed by atoms with Crippen molar-refractivity contribution in [3.63, 3.8) is 0 Å². The van der Waals surface area contributed by atoms with Crippen LogP contribution in [0.15, 0.2) is 24.3 Å². The highest BCUT2D eigenvalue weighted by Gasteiger charge is 2.15. The number of aliphatic hydroxyl groups is 1. The lowest BCUT2D eigenvalue weighted by molar-refractivity contribution is 0.101. The number of nitrogens with one attached hydrogen (secondary N) is 1. The monoisotopic (exact) mass is 267 g/mol. The molecular weight excluding hydrogens is 246 g/mol. The second-order valence-electron chi connectivity index (χ2n) is 5.41. The van der Waals surface area contributed by atoms with Gasteiger partial charge >= 0.3 is 6.09 Å². The molecule has 1 unspecified atom stereocenters. The molecule has 0 aliphatic rings. The molecule has 0 bridgehead atoms. The summed E-state index contributed by atoms with van der Waals surface area (Å²) < 4.78 is 4.97. The van der Waals surface area contributed by atoms with Crippen LogP contribution in [0.25, 0.3) is 0 Å². The summed E-state index contributed by atoms with van der Waals surface area (Å²) in [6, 6.07) is 6.38. The highest BCUT2D eigenvalue weighted by atomic mass is 16.5. The Morgan fingerprint density at radius 1 is 1.42 bits per heavy atom. The molecule has 0 aliphatic carbocycles.